The number of nitrogens with one attached hydrogen (secondary N) is 1. The summed E-state index contributed by atoms with van der Waals surface area (Å²) in [4.78, 5) is 22.5. The first kappa shape index (κ1) is 15.7. The summed E-state index contributed by atoms with van der Waals surface area (Å²) in [6.07, 6.45) is -0.972. The van der Waals surface area contributed by atoms with Crippen LogP contribution in [0.3, 0.4) is 0 Å². The first-order valence-electron chi connectivity index (χ1n) is 5.84. The van der Waals surface area contributed by atoms with Crippen LogP contribution in [0.2, 0.25) is 0 Å². The third kappa shape index (κ3) is 3.35. The van der Waals surface area contributed by atoms with Crippen LogP contribution in [0.25, 0.3) is 0 Å². The molecule has 8 nitrogen and oxygen atoms in total. The van der Waals surface area contributed by atoms with Crippen LogP contribution in [0.5, 0.6) is 0 Å². The third-order valence-electron chi connectivity index (χ3n) is 2.88. The Morgan fingerprint density at radius 3 is 2.47 bits per heavy atom. The van der Waals surface area contributed by atoms with Crippen LogP contribution in [0.4, 0.5) is 4.79 Å². The van der Waals surface area contributed by atoms with Crippen molar-refractivity contribution in [2.24, 2.45) is 0 Å². The van der Waals surface area contributed by atoms with Gasteiger partial charge in [0.1, 0.15) is 5.54 Å². The largest absolute Gasteiger partial charge is 0.480 e. The van der Waals surface area contributed by atoms with E-state index < -0.39 is 33.9 Å². The number of hydrogen-bond acceptors (Lipinski definition) is 5. The summed E-state index contributed by atoms with van der Waals surface area (Å²) < 4.78 is 31.2. The number of carbonyl (C=O) groups excluding carboxylic acids is 1. The fourth-order valence-corrected chi connectivity index (χ4v) is 3.37. The molecule has 0 aromatic heterocycles. The van der Waals surface area contributed by atoms with E-state index in [0.717, 1.165) is 4.31 Å². The van der Waals surface area contributed by atoms with E-state index in [1.165, 1.54) is 6.92 Å². The van der Waals surface area contributed by atoms with Gasteiger partial charge in [-0.3, -0.25) is 4.79 Å². The Bertz CT molecular complexity index is 474. The average molecular weight is 294 g/mol. The summed E-state index contributed by atoms with van der Waals surface area (Å²) in [7, 11) is -4.23. The maximum Gasteiger partial charge on any atom is 0.422 e. The molecule has 0 aliphatic carbocycles. The van der Waals surface area contributed by atoms with Crippen molar-refractivity contribution in [1.82, 2.24) is 9.03 Å². The summed E-state index contributed by atoms with van der Waals surface area (Å²) in [6, 6.07) is 0. The highest BCUT2D eigenvalue weighted by atomic mass is 32.2. The minimum absolute atomic E-state index is 0.0487. The van der Waals surface area contributed by atoms with Gasteiger partial charge in [0.05, 0.1) is 6.10 Å². The number of carbonyl (C=O) groups is 2. The molecule has 1 atom stereocenters. The van der Waals surface area contributed by atoms with E-state index in [4.69, 9.17) is 5.11 Å². The second-order valence-electron chi connectivity index (χ2n) is 4.82. The zero-order valence-corrected chi connectivity index (χ0v) is 11.9. The van der Waals surface area contributed by atoms with Crippen molar-refractivity contribution in [2.45, 2.75) is 45.3 Å². The van der Waals surface area contributed by atoms with Crippen LogP contribution in [0.1, 0.15) is 33.6 Å². The van der Waals surface area contributed by atoms with Crippen molar-refractivity contribution in [1.29, 1.82) is 0 Å². The van der Waals surface area contributed by atoms with Crippen molar-refractivity contribution in [3.8, 4) is 0 Å². The molecule has 19 heavy (non-hydrogen) atoms. The molecule has 0 radical (unpaired) electrons. The zero-order valence-electron chi connectivity index (χ0n) is 11.0. The van der Waals surface area contributed by atoms with Gasteiger partial charge in [-0.15, -0.1) is 0 Å². The molecule has 0 bridgehead atoms. The highest BCUT2D eigenvalue weighted by molar-refractivity contribution is 7.87. The molecule has 1 heterocycles. The number of nitrogens with zero attached hydrogens (tertiary/aromatic N) is 1. The molecule has 2 N–H and O–H groups in total. The number of amides is 1. The quantitative estimate of drug-likeness (QED) is 0.771. The molecule has 1 unspecified atom stereocenters. The van der Waals surface area contributed by atoms with Gasteiger partial charge in [-0.2, -0.15) is 12.7 Å². The summed E-state index contributed by atoms with van der Waals surface area (Å²) in [6.45, 7) is 4.51. The maximum absolute atomic E-state index is 12.0. The lowest BCUT2D eigenvalue weighted by Crippen LogP contribution is -2.55. The van der Waals surface area contributed by atoms with E-state index in [9.17, 15) is 18.0 Å². The van der Waals surface area contributed by atoms with Crippen LogP contribution in [-0.2, 0) is 19.7 Å². The van der Waals surface area contributed by atoms with Crippen LogP contribution in [-0.4, -0.2) is 48.1 Å². The Hall–Kier alpha value is -1.35. The Morgan fingerprint density at radius 2 is 2.00 bits per heavy atom. The van der Waals surface area contributed by atoms with Gasteiger partial charge in [-0.05, 0) is 33.6 Å². The molecule has 0 aromatic carbocycles. The van der Waals surface area contributed by atoms with Crippen LogP contribution in [0.15, 0.2) is 0 Å². The van der Waals surface area contributed by atoms with Gasteiger partial charge >= 0.3 is 22.3 Å². The molecule has 9 heteroatoms. The summed E-state index contributed by atoms with van der Waals surface area (Å²) >= 11 is 0. The molecule has 1 fully saturated rings. The smallest absolute Gasteiger partial charge is 0.422 e. The van der Waals surface area contributed by atoms with E-state index in [1.54, 1.807) is 18.6 Å². The molecule has 110 valence electrons. The molecule has 1 amide bonds. The predicted octanol–water partition coefficient (Wildman–Crippen LogP) is 0.305. The van der Waals surface area contributed by atoms with Gasteiger partial charge < -0.3 is 9.84 Å². The van der Waals surface area contributed by atoms with E-state index in [1.807, 2.05) is 0 Å². The lowest BCUT2D eigenvalue weighted by atomic mass is 10.0. The van der Waals surface area contributed by atoms with E-state index in [0.29, 0.717) is 6.42 Å². The SMILES string of the molecule is CC(C)OC(=O)NS(=O)(=O)N1CCCC1(C)C(=O)O. The van der Waals surface area contributed by atoms with Gasteiger partial charge in [0, 0.05) is 6.54 Å². The number of hydrogen-bond donors (Lipinski definition) is 2. The van der Waals surface area contributed by atoms with E-state index >= 15 is 0 Å². The van der Waals surface area contributed by atoms with Crippen LogP contribution in [0, 0.1) is 0 Å². The highest BCUT2D eigenvalue weighted by Crippen LogP contribution is 2.31. The minimum Gasteiger partial charge on any atom is -0.480 e. The number of ether oxygens (including phenoxy) is 1. The normalized spacial score (nSPS) is 24.4. The Labute approximate surface area is 111 Å². The van der Waals surface area contributed by atoms with Gasteiger partial charge in [-0.1, -0.05) is 0 Å². The zero-order chi connectivity index (χ0) is 14.8. The number of carboxylic acid groups (broad SMARTS) is 1. The van der Waals surface area contributed by atoms with Crippen molar-refractivity contribution in [2.75, 3.05) is 6.54 Å². The van der Waals surface area contributed by atoms with Crippen molar-refractivity contribution in [3.63, 3.8) is 0 Å². The molecular formula is C10H18N2O6S. The fourth-order valence-electron chi connectivity index (χ4n) is 1.94. The Kier molecular flexibility index (Phi) is 4.41. The average Bonchev–Trinajstić information content (AvgIpc) is 2.59. The van der Waals surface area contributed by atoms with Crippen molar-refractivity contribution in [3.05, 3.63) is 0 Å². The van der Waals surface area contributed by atoms with Crippen molar-refractivity contribution < 1.29 is 27.9 Å². The summed E-state index contributed by atoms with van der Waals surface area (Å²) in [5, 5.41) is 9.14. The second-order valence-corrected chi connectivity index (χ2v) is 6.41. The van der Waals surface area contributed by atoms with Gasteiger partial charge in [0.15, 0.2) is 0 Å². The van der Waals surface area contributed by atoms with Crippen LogP contribution >= 0.6 is 0 Å². The van der Waals surface area contributed by atoms with E-state index in [-0.39, 0.29) is 13.0 Å². The summed E-state index contributed by atoms with van der Waals surface area (Å²) in [5.41, 5.74) is -1.54. The van der Waals surface area contributed by atoms with Gasteiger partial charge in [-0.25, -0.2) is 9.52 Å². The number of aliphatic carboxylic acids is 1. The Balaban J connectivity index is 2.89. The fraction of sp³-hybridized carbons (Fsp3) is 0.800. The molecule has 1 rings (SSSR count). The topological polar surface area (TPSA) is 113 Å². The van der Waals surface area contributed by atoms with E-state index in [2.05, 4.69) is 4.74 Å². The lowest BCUT2D eigenvalue weighted by molar-refractivity contribution is -0.146. The molecule has 1 aliphatic heterocycles. The summed E-state index contributed by atoms with van der Waals surface area (Å²) in [5.74, 6) is -1.24. The standard InChI is InChI=1S/C10H18N2O6S/c1-7(2)18-9(15)11-19(16,17)12-6-4-5-10(12,3)8(13)14/h7H,4-6H2,1-3H3,(H,11,15)(H,13,14). The molecule has 0 aromatic rings. The number of carboxylic acids is 1. The molecule has 1 saturated heterocycles. The third-order valence-corrected chi connectivity index (χ3v) is 4.47. The van der Waals surface area contributed by atoms with Gasteiger partial charge in [0.2, 0.25) is 0 Å². The minimum atomic E-state index is -4.23. The number of rotatable bonds is 4. The maximum atomic E-state index is 12.0. The molecule has 0 spiro atoms. The Morgan fingerprint density at radius 1 is 1.42 bits per heavy atom. The first-order chi connectivity index (χ1) is 8.59. The lowest BCUT2D eigenvalue weighted by Gasteiger charge is -2.29. The predicted molar refractivity (Wildman–Crippen MR) is 65.7 cm³/mol. The second kappa shape index (κ2) is 5.33. The van der Waals surface area contributed by atoms with Gasteiger partial charge in [0.25, 0.3) is 0 Å². The van der Waals surface area contributed by atoms with Crippen molar-refractivity contribution >= 4 is 22.3 Å². The molecule has 0 saturated carbocycles. The highest BCUT2D eigenvalue weighted by Gasteiger charge is 2.50. The molecular weight excluding hydrogens is 276 g/mol. The first-order valence-corrected chi connectivity index (χ1v) is 7.28. The molecule has 1 aliphatic rings. The van der Waals surface area contributed by atoms with Crippen LogP contribution < -0.4 is 4.72 Å². The monoisotopic (exact) mass is 294 g/mol.